The molecule has 0 aliphatic carbocycles. The summed E-state index contributed by atoms with van der Waals surface area (Å²) >= 11 is 0. The molecule has 0 saturated heterocycles. The Morgan fingerprint density at radius 3 is 2.69 bits per heavy atom. The van der Waals surface area contributed by atoms with E-state index in [1.54, 1.807) is 0 Å². The van der Waals surface area contributed by atoms with E-state index in [1.807, 2.05) is 30.5 Å². The van der Waals surface area contributed by atoms with Crippen molar-refractivity contribution in [2.24, 2.45) is 5.73 Å². The van der Waals surface area contributed by atoms with Crippen molar-refractivity contribution in [2.45, 2.75) is 19.9 Å². The minimum Gasteiger partial charge on any atom is -0.344 e. The number of ketones is 1. The van der Waals surface area contributed by atoms with Crippen molar-refractivity contribution in [2.75, 3.05) is 6.54 Å². The second-order valence-electron chi connectivity index (χ2n) is 4.19. The summed E-state index contributed by atoms with van der Waals surface area (Å²) < 4.78 is 2.11. The lowest BCUT2D eigenvalue weighted by Gasteiger charge is -2.08. The van der Waals surface area contributed by atoms with E-state index < -0.39 is 0 Å². The van der Waals surface area contributed by atoms with Crippen LogP contribution in [0.3, 0.4) is 0 Å². The van der Waals surface area contributed by atoms with Crippen LogP contribution in [0.1, 0.15) is 30.2 Å². The van der Waals surface area contributed by atoms with Crippen LogP contribution < -0.4 is 5.73 Å². The average Bonchev–Trinajstić information content (AvgIpc) is 2.67. The van der Waals surface area contributed by atoms with E-state index in [-0.39, 0.29) is 12.3 Å². The number of aromatic nitrogens is 1. The molecule has 84 valence electrons. The van der Waals surface area contributed by atoms with Crippen LogP contribution in [0.25, 0.3) is 10.9 Å². The number of hydrogen-bond donors (Lipinski definition) is 1. The molecule has 1 aromatic carbocycles. The number of para-hydroxylation sites is 1. The molecule has 0 radical (unpaired) electrons. The van der Waals surface area contributed by atoms with Gasteiger partial charge in [0, 0.05) is 28.7 Å². The maximum Gasteiger partial charge on any atom is 0.178 e. The van der Waals surface area contributed by atoms with E-state index in [2.05, 4.69) is 18.4 Å². The average molecular weight is 216 g/mol. The monoisotopic (exact) mass is 216 g/mol. The number of nitrogens with two attached hydrogens (primary N) is 1. The van der Waals surface area contributed by atoms with Gasteiger partial charge in [0.25, 0.3) is 0 Å². The van der Waals surface area contributed by atoms with Gasteiger partial charge in [0.2, 0.25) is 0 Å². The summed E-state index contributed by atoms with van der Waals surface area (Å²) in [5.41, 5.74) is 7.24. The highest BCUT2D eigenvalue weighted by Gasteiger charge is 2.14. The van der Waals surface area contributed by atoms with Crippen LogP contribution in [-0.4, -0.2) is 16.9 Å². The first-order chi connectivity index (χ1) is 7.65. The number of fused-ring (bicyclic) bond motifs is 1. The first-order valence-electron chi connectivity index (χ1n) is 5.48. The van der Waals surface area contributed by atoms with Gasteiger partial charge in [-0.05, 0) is 19.9 Å². The van der Waals surface area contributed by atoms with E-state index in [4.69, 9.17) is 5.73 Å². The highest BCUT2D eigenvalue weighted by molar-refractivity contribution is 6.08. The highest BCUT2D eigenvalue weighted by atomic mass is 16.1. The molecule has 0 bridgehead atoms. The summed E-state index contributed by atoms with van der Waals surface area (Å²) in [4.78, 5) is 11.7. The summed E-state index contributed by atoms with van der Waals surface area (Å²) in [6.45, 7) is 4.26. The van der Waals surface area contributed by atoms with Gasteiger partial charge in [-0.3, -0.25) is 4.79 Å². The Labute approximate surface area is 94.9 Å². The van der Waals surface area contributed by atoms with E-state index in [0.29, 0.717) is 6.04 Å². The van der Waals surface area contributed by atoms with Crippen LogP contribution in [0.5, 0.6) is 0 Å². The molecule has 1 aromatic heterocycles. The summed E-state index contributed by atoms with van der Waals surface area (Å²) in [5, 5.41) is 0.992. The van der Waals surface area contributed by atoms with Crippen LogP contribution in [0.15, 0.2) is 30.5 Å². The molecule has 0 unspecified atom stereocenters. The van der Waals surface area contributed by atoms with E-state index in [0.717, 1.165) is 16.5 Å². The minimum absolute atomic E-state index is 0.00407. The lowest BCUT2D eigenvalue weighted by Crippen LogP contribution is -2.13. The molecule has 3 nitrogen and oxygen atoms in total. The molecule has 3 heteroatoms. The molecular weight excluding hydrogens is 200 g/mol. The van der Waals surface area contributed by atoms with Gasteiger partial charge in [-0.25, -0.2) is 0 Å². The molecule has 0 fully saturated rings. The minimum atomic E-state index is -0.00407. The fourth-order valence-electron chi connectivity index (χ4n) is 1.96. The second kappa shape index (κ2) is 4.10. The molecule has 16 heavy (non-hydrogen) atoms. The topological polar surface area (TPSA) is 48.0 Å². The molecule has 2 rings (SSSR count). The maximum atomic E-state index is 11.7. The molecule has 0 spiro atoms. The van der Waals surface area contributed by atoms with Gasteiger partial charge in [-0.1, -0.05) is 18.2 Å². The van der Waals surface area contributed by atoms with Crippen molar-refractivity contribution in [1.82, 2.24) is 4.57 Å². The largest absolute Gasteiger partial charge is 0.344 e. The van der Waals surface area contributed by atoms with Crippen molar-refractivity contribution in [3.05, 3.63) is 36.0 Å². The highest BCUT2D eigenvalue weighted by Crippen LogP contribution is 2.24. The summed E-state index contributed by atoms with van der Waals surface area (Å²) in [7, 11) is 0. The molecule has 1 heterocycles. The zero-order valence-electron chi connectivity index (χ0n) is 9.60. The van der Waals surface area contributed by atoms with Crippen LogP contribution >= 0.6 is 0 Å². The second-order valence-corrected chi connectivity index (χ2v) is 4.19. The Hall–Kier alpha value is -1.61. The molecule has 0 aliphatic rings. The molecule has 0 saturated carbocycles. The number of nitrogens with zero attached hydrogens (tertiary/aromatic N) is 1. The zero-order valence-corrected chi connectivity index (χ0v) is 9.60. The number of rotatable bonds is 3. The maximum absolute atomic E-state index is 11.7. The molecule has 0 atom stereocenters. The molecule has 2 aromatic rings. The molecule has 2 N–H and O–H groups in total. The summed E-state index contributed by atoms with van der Waals surface area (Å²) in [6.07, 6.45) is 1.91. The van der Waals surface area contributed by atoms with E-state index in [9.17, 15) is 4.79 Å². The van der Waals surface area contributed by atoms with Gasteiger partial charge in [0.05, 0.1) is 6.54 Å². The predicted octanol–water partition coefficient (Wildman–Crippen LogP) is 2.36. The third-order valence-corrected chi connectivity index (χ3v) is 2.78. The normalized spacial score (nSPS) is 11.2. The first kappa shape index (κ1) is 10.9. The predicted molar refractivity (Wildman–Crippen MR) is 65.7 cm³/mol. The quantitative estimate of drug-likeness (QED) is 0.801. The van der Waals surface area contributed by atoms with Gasteiger partial charge in [0.15, 0.2) is 5.78 Å². The van der Waals surface area contributed by atoms with Crippen LogP contribution in [-0.2, 0) is 0 Å². The smallest absolute Gasteiger partial charge is 0.178 e. The number of hydrogen-bond acceptors (Lipinski definition) is 2. The number of carbonyl (C=O) groups excluding carboxylic acids is 1. The number of carbonyl (C=O) groups is 1. The summed E-state index contributed by atoms with van der Waals surface area (Å²) in [6, 6.07) is 8.27. The molecular formula is C13H16N2O. The van der Waals surface area contributed by atoms with Gasteiger partial charge < -0.3 is 10.3 Å². The van der Waals surface area contributed by atoms with Gasteiger partial charge in [-0.15, -0.1) is 0 Å². The van der Waals surface area contributed by atoms with Crippen LogP contribution in [0.2, 0.25) is 0 Å². The lowest BCUT2D eigenvalue weighted by atomic mass is 10.1. The van der Waals surface area contributed by atoms with Crippen molar-refractivity contribution in [1.29, 1.82) is 0 Å². The molecule has 0 amide bonds. The van der Waals surface area contributed by atoms with Crippen molar-refractivity contribution < 1.29 is 4.79 Å². The van der Waals surface area contributed by atoms with Crippen molar-refractivity contribution >= 4 is 16.7 Å². The summed E-state index contributed by atoms with van der Waals surface area (Å²) in [5.74, 6) is -0.00407. The Morgan fingerprint density at radius 1 is 1.38 bits per heavy atom. The van der Waals surface area contributed by atoms with Gasteiger partial charge in [-0.2, -0.15) is 0 Å². The van der Waals surface area contributed by atoms with Crippen LogP contribution in [0.4, 0.5) is 0 Å². The van der Waals surface area contributed by atoms with E-state index in [1.165, 1.54) is 0 Å². The number of Topliss-reactive ketones (excluding diaryl/α,β-unsaturated/α-hetero) is 1. The Kier molecular flexibility index (Phi) is 2.79. The number of benzene rings is 1. The van der Waals surface area contributed by atoms with Crippen molar-refractivity contribution in [3.8, 4) is 0 Å². The zero-order chi connectivity index (χ0) is 11.7. The SMILES string of the molecule is CC(C)n1cc(C(=O)CN)c2ccccc21. The Morgan fingerprint density at radius 2 is 2.06 bits per heavy atom. The van der Waals surface area contributed by atoms with Gasteiger partial charge >= 0.3 is 0 Å². The standard InChI is InChI=1S/C13H16N2O/c1-9(2)15-8-11(13(16)7-14)10-5-3-4-6-12(10)15/h3-6,8-9H,7,14H2,1-2H3. The third kappa shape index (κ3) is 1.63. The van der Waals surface area contributed by atoms with Gasteiger partial charge in [0.1, 0.15) is 0 Å². The van der Waals surface area contributed by atoms with Crippen LogP contribution in [0, 0.1) is 0 Å². The van der Waals surface area contributed by atoms with E-state index >= 15 is 0 Å². The fraction of sp³-hybridized carbons (Fsp3) is 0.308. The Bertz CT molecular complexity index is 526. The molecule has 0 aliphatic heterocycles. The first-order valence-corrected chi connectivity index (χ1v) is 5.48. The lowest BCUT2D eigenvalue weighted by molar-refractivity contribution is 0.100. The van der Waals surface area contributed by atoms with Crippen molar-refractivity contribution in [3.63, 3.8) is 0 Å². The Balaban J connectivity index is 2.71. The fourth-order valence-corrected chi connectivity index (χ4v) is 1.96. The third-order valence-electron chi connectivity index (χ3n) is 2.78.